The number of hydrogen-bond donors (Lipinski definition) is 2. The van der Waals surface area contributed by atoms with Crippen LogP contribution in [0.2, 0.25) is 0 Å². The monoisotopic (exact) mass is 531 g/mol. The van der Waals surface area contributed by atoms with E-state index in [1.165, 1.54) is 13.2 Å². The first-order valence-electron chi connectivity index (χ1n) is 10.7. The van der Waals surface area contributed by atoms with Crippen LogP contribution < -0.4 is 15.5 Å². The van der Waals surface area contributed by atoms with Crippen molar-refractivity contribution in [3.8, 4) is 0 Å². The van der Waals surface area contributed by atoms with Crippen LogP contribution in [-0.4, -0.2) is 73.9 Å². The van der Waals surface area contributed by atoms with Gasteiger partial charge in [0.2, 0.25) is 12.3 Å². The molecular weight excluding hydrogens is 506 g/mol. The number of rotatable bonds is 8. The molecule has 2 N–H and O–H groups in total. The predicted octanol–water partition coefficient (Wildman–Crippen LogP) is 2.06. The van der Waals surface area contributed by atoms with Crippen molar-refractivity contribution < 1.29 is 23.9 Å². The summed E-state index contributed by atoms with van der Waals surface area (Å²) in [7, 11) is 3.20. The van der Waals surface area contributed by atoms with Crippen LogP contribution in [0.4, 0.5) is 11.5 Å². The van der Waals surface area contributed by atoms with E-state index < -0.39 is 11.9 Å². The molecule has 1 saturated heterocycles. The number of anilines is 2. The van der Waals surface area contributed by atoms with Crippen LogP contribution in [0.15, 0.2) is 41.0 Å². The third kappa shape index (κ3) is 6.10. The highest BCUT2D eigenvalue weighted by Gasteiger charge is 2.27. The summed E-state index contributed by atoms with van der Waals surface area (Å²) in [5.74, 6) is -0.702. The fraction of sp³-hybridized carbons (Fsp3) is 0.348. The summed E-state index contributed by atoms with van der Waals surface area (Å²) in [6, 6.07) is 8.41. The quantitative estimate of drug-likeness (QED) is 0.395. The summed E-state index contributed by atoms with van der Waals surface area (Å²) >= 11 is 3.28. The van der Waals surface area contributed by atoms with Crippen molar-refractivity contribution >= 4 is 51.6 Å². The Bertz CT molecular complexity index is 1070. The molecule has 0 saturated carbocycles. The van der Waals surface area contributed by atoms with Gasteiger partial charge >= 0.3 is 5.97 Å². The molecule has 0 spiro atoms. The summed E-state index contributed by atoms with van der Waals surface area (Å²) in [5, 5.41) is 5.24. The number of carbonyl (C=O) groups is 4. The lowest BCUT2D eigenvalue weighted by Gasteiger charge is -2.38. The number of nitrogens with one attached hydrogen (secondary N) is 2. The van der Waals surface area contributed by atoms with Crippen molar-refractivity contribution in [3.05, 3.63) is 52.1 Å². The van der Waals surface area contributed by atoms with Crippen LogP contribution in [-0.2, 0) is 14.3 Å². The molecule has 1 aromatic carbocycles. The summed E-state index contributed by atoms with van der Waals surface area (Å²) in [5.41, 5.74) is 1.30. The van der Waals surface area contributed by atoms with Gasteiger partial charge in [0.1, 0.15) is 0 Å². The molecule has 0 radical (unpaired) electrons. The Morgan fingerprint density at radius 3 is 2.62 bits per heavy atom. The molecule has 1 aliphatic rings. The smallest absolute Gasteiger partial charge is 0.337 e. The van der Waals surface area contributed by atoms with Gasteiger partial charge < -0.3 is 25.2 Å². The molecule has 3 amide bonds. The molecule has 10 nitrogen and oxygen atoms in total. The van der Waals surface area contributed by atoms with Gasteiger partial charge in [-0.15, -0.1) is 0 Å². The van der Waals surface area contributed by atoms with Crippen molar-refractivity contribution in [3.63, 3.8) is 0 Å². The van der Waals surface area contributed by atoms with Crippen molar-refractivity contribution in [1.29, 1.82) is 0 Å². The number of nitrogens with zero attached hydrogens (tertiary/aromatic N) is 3. The molecule has 0 aliphatic carbocycles. The zero-order valence-electron chi connectivity index (χ0n) is 18.9. The number of piperidine rings is 1. The number of likely N-dealkylation sites (tertiary alicyclic amines) is 1. The molecule has 11 heteroatoms. The number of halogens is 1. The van der Waals surface area contributed by atoms with Crippen molar-refractivity contribution in [1.82, 2.24) is 15.2 Å². The highest BCUT2D eigenvalue weighted by molar-refractivity contribution is 9.10. The second-order valence-corrected chi connectivity index (χ2v) is 8.67. The van der Waals surface area contributed by atoms with Gasteiger partial charge in [0.15, 0.2) is 5.82 Å². The normalized spacial score (nSPS) is 13.7. The number of carbonyl (C=O) groups excluding carboxylic acids is 4. The van der Waals surface area contributed by atoms with Crippen molar-refractivity contribution in [2.45, 2.75) is 18.9 Å². The zero-order valence-corrected chi connectivity index (χ0v) is 20.5. The topological polar surface area (TPSA) is 121 Å². The third-order valence-electron chi connectivity index (χ3n) is 5.71. The van der Waals surface area contributed by atoms with Gasteiger partial charge in [-0.05, 0) is 43.2 Å². The van der Waals surface area contributed by atoms with E-state index in [1.807, 2.05) is 19.2 Å². The zero-order chi connectivity index (χ0) is 24.7. The summed E-state index contributed by atoms with van der Waals surface area (Å²) in [6.45, 7) is 0.947. The number of esters is 1. The van der Waals surface area contributed by atoms with Crippen LogP contribution >= 0.6 is 15.9 Å². The Hall–Kier alpha value is -3.47. The molecule has 0 unspecified atom stereocenters. The van der Waals surface area contributed by atoms with Gasteiger partial charge in [-0.3, -0.25) is 14.4 Å². The average Bonchev–Trinajstić information content (AvgIpc) is 2.86. The van der Waals surface area contributed by atoms with Gasteiger partial charge in [0.05, 0.1) is 24.9 Å². The Balaban J connectivity index is 1.53. The summed E-state index contributed by atoms with van der Waals surface area (Å²) < 4.78 is 5.25. The van der Waals surface area contributed by atoms with E-state index in [1.54, 1.807) is 23.2 Å². The first kappa shape index (κ1) is 25.2. The molecule has 1 aromatic heterocycles. The maximum absolute atomic E-state index is 12.7. The van der Waals surface area contributed by atoms with E-state index in [4.69, 9.17) is 4.74 Å². The number of ether oxygens (including phenoxy) is 1. The van der Waals surface area contributed by atoms with E-state index in [9.17, 15) is 19.2 Å². The molecule has 2 heterocycles. The maximum Gasteiger partial charge on any atom is 0.337 e. The van der Waals surface area contributed by atoms with Crippen LogP contribution in [0.5, 0.6) is 0 Å². The Kier molecular flexibility index (Phi) is 8.58. The minimum absolute atomic E-state index is 0.143. The van der Waals surface area contributed by atoms with E-state index in [0.717, 1.165) is 18.5 Å². The molecule has 3 rings (SSSR count). The van der Waals surface area contributed by atoms with E-state index in [-0.39, 0.29) is 29.6 Å². The molecule has 0 atom stereocenters. The number of benzene rings is 1. The number of methoxy groups -OCH3 is 1. The second-order valence-electron chi connectivity index (χ2n) is 7.76. The lowest BCUT2D eigenvalue weighted by Crippen LogP contribution is -2.48. The molecule has 2 aromatic rings. The Morgan fingerprint density at radius 1 is 1.24 bits per heavy atom. The third-order valence-corrected chi connectivity index (χ3v) is 6.17. The van der Waals surface area contributed by atoms with E-state index in [2.05, 4.69) is 36.4 Å². The van der Waals surface area contributed by atoms with Gasteiger partial charge in [-0.1, -0.05) is 15.9 Å². The van der Waals surface area contributed by atoms with Crippen molar-refractivity contribution in [2.75, 3.05) is 44.0 Å². The highest BCUT2D eigenvalue weighted by Crippen LogP contribution is 2.27. The molecule has 0 bridgehead atoms. The maximum atomic E-state index is 12.7. The lowest BCUT2D eigenvalue weighted by molar-refractivity contribution is -0.131. The molecule has 1 fully saturated rings. The first-order chi connectivity index (χ1) is 16.3. The summed E-state index contributed by atoms with van der Waals surface area (Å²) in [6.07, 6.45) is 3.68. The van der Waals surface area contributed by atoms with Gasteiger partial charge in [-0.25, -0.2) is 9.78 Å². The number of aromatic nitrogens is 1. The Labute approximate surface area is 205 Å². The highest BCUT2D eigenvalue weighted by atomic mass is 79.9. The number of amides is 3. The van der Waals surface area contributed by atoms with E-state index in [0.29, 0.717) is 29.8 Å². The molecule has 34 heavy (non-hydrogen) atoms. The van der Waals surface area contributed by atoms with Crippen LogP contribution in [0.1, 0.15) is 33.6 Å². The summed E-state index contributed by atoms with van der Waals surface area (Å²) in [4.78, 5) is 55.8. The largest absolute Gasteiger partial charge is 0.465 e. The Morgan fingerprint density at radius 2 is 1.94 bits per heavy atom. The van der Waals surface area contributed by atoms with Crippen LogP contribution in [0.25, 0.3) is 0 Å². The number of pyridine rings is 1. The number of hydrogen-bond acceptors (Lipinski definition) is 7. The minimum Gasteiger partial charge on any atom is -0.465 e. The van der Waals surface area contributed by atoms with E-state index >= 15 is 0 Å². The van der Waals surface area contributed by atoms with Crippen molar-refractivity contribution in [2.24, 2.45) is 0 Å². The fourth-order valence-corrected chi connectivity index (χ4v) is 4.37. The predicted molar refractivity (Wildman–Crippen MR) is 130 cm³/mol. The minimum atomic E-state index is -0.556. The lowest BCUT2D eigenvalue weighted by atomic mass is 10.0. The van der Waals surface area contributed by atoms with Gasteiger partial charge in [-0.2, -0.15) is 0 Å². The van der Waals surface area contributed by atoms with Gasteiger partial charge in [0, 0.05) is 42.4 Å². The standard InChI is InChI=1S/C23H26BrN5O5/c1-28(19-4-3-7-25-21(19)27-14-30)18-5-8-29(9-6-18)20(31)13-26-22(32)15-10-16(23(33)34-2)12-17(24)11-15/h3-4,7,10-12,14,18H,5-6,8-9,13H2,1-2H3,(H,26,32)(H,25,27,30). The first-order valence-corrected chi connectivity index (χ1v) is 11.5. The van der Waals surface area contributed by atoms with Gasteiger partial charge in [0.25, 0.3) is 5.91 Å². The molecule has 1 aliphatic heterocycles. The molecular formula is C23H26BrN5O5. The average molecular weight is 532 g/mol. The van der Waals surface area contributed by atoms with Crippen LogP contribution in [0, 0.1) is 0 Å². The second kappa shape index (κ2) is 11.6. The molecule has 180 valence electrons. The SMILES string of the molecule is COC(=O)c1cc(Br)cc(C(=O)NCC(=O)N2CCC(N(C)c3cccnc3NC=O)CC2)c1. The fourth-order valence-electron chi connectivity index (χ4n) is 3.87. The van der Waals surface area contributed by atoms with Crippen LogP contribution in [0.3, 0.4) is 0 Å².